The molecule has 0 saturated heterocycles. The molecular formula is C10H13N2O2S2+. The molecule has 6 heteroatoms. The van der Waals surface area contributed by atoms with Crippen molar-refractivity contribution in [3.63, 3.8) is 0 Å². The minimum Gasteiger partial charge on any atom is -0.213 e. The molecular weight excluding hydrogens is 244 g/mol. The van der Waals surface area contributed by atoms with E-state index in [-0.39, 0.29) is 0 Å². The second-order valence-corrected chi connectivity index (χ2v) is 6.51. The molecule has 86 valence electrons. The van der Waals surface area contributed by atoms with Gasteiger partial charge in [-0.1, -0.05) is 23.5 Å². The summed E-state index contributed by atoms with van der Waals surface area (Å²) < 4.78 is 28.6. The van der Waals surface area contributed by atoms with Gasteiger partial charge in [-0.15, -0.1) is 0 Å². The molecule has 16 heavy (non-hydrogen) atoms. The molecule has 0 spiro atoms. The molecule has 4 nitrogen and oxygen atoms in total. The van der Waals surface area contributed by atoms with E-state index in [4.69, 9.17) is 0 Å². The summed E-state index contributed by atoms with van der Waals surface area (Å²) in [6.07, 6.45) is 0. The van der Waals surface area contributed by atoms with Crippen LogP contribution in [0.4, 0.5) is 0 Å². The first kappa shape index (κ1) is 11.5. The molecule has 0 saturated carbocycles. The molecule has 1 atom stereocenters. The first-order valence-electron chi connectivity index (χ1n) is 4.86. The lowest BCUT2D eigenvalue weighted by Crippen LogP contribution is -2.44. The van der Waals surface area contributed by atoms with E-state index in [1.807, 2.05) is 29.8 Å². The van der Waals surface area contributed by atoms with E-state index in [9.17, 15) is 8.42 Å². The van der Waals surface area contributed by atoms with Crippen molar-refractivity contribution in [2.75, 3.05) is 7.05 Å². The highest BCUT2D eigenvalue weighted by Crippen LogP contribution is 2.18. The molecule has 0 fully saturated rings. The Kier molecular flexibility index (Phi) is 2.96. The van der Waals surface area contributed by atoms with Crippen LogP contribution >= 0.6 is 11.3 Å². The van der Waals surface area contributed by atoms with Crippen LogP contribution in [0, 0.1) is 0 Å². The Hall–Kier alpha value is -0.980. The fourth-order valence-corrected chi connectivity index (χ4v) is 3.41. The Morgan fingerprint density at radius 2 is 2.06 bits per heavy atom. The first-order valence-corrected chi connectivity index (χ1v) is 7.28. The molecule has 0 aliphatic rings. The number of para-hydroxylation sites is 1. The highest BCUT2D eigenvalue weighted by Gasteiger charge is 2.30. The van der Waals surface area contributed by atoms with Gasteiger partial charge in [-0.25, -0.2) is 13.1 Å². The Bertz CT molecular complexity index is 604. The lowest BCUT2D eigenvalue weighted by molar-refractivity contribution is -0.668. The molecule has 2 rings (SSSR count). The van der Waals surface area contributed by atoms with Gasteiger partial charge in [-0.2, -0.15) is 4.57 Å². The van der Waals surface area contributed by atoms with Crippen LogP contribution in [0.25, 0.3) is 10.2 Å². The van der Waals surface area contributed by atoms with Crippen LogP contribution in [0.5, 0.6) is 0 Å². The number of hydrogen-bond acceptors (Lipinski definition) is 3. The Labute approximate surface area is 98.6 Å². The number of thiazole rings is 1. The zero-order valence-corrected chi connectivity index (χ0v) is 10.7. The van der Waals surface area contributed by atoms with Crippen molar-refractivity contribution in [1.29, 1.82) is 0 Å². The monoisotopic (exact) mass is 257 g/mol. The zero-order chi connectivity index (χ0) is 11.8. The summed E-state index contributed by atoms with van der Waals surface area (Å²) >= 11 is 1.54. The molecule has 0 aliphatic carbocycles. The van der Waals surface area contributed by atoms with Crippen LogP contribution in [0.2, 0.25) is 0 Å². The SMILES string of the molecule is CNS(=O)(=O)C(C)[n+]1csc2ccccc21. The lowest BCUT2D eigenvalue weighted by atomic mass is 10.3. The molecule has 2 aromatic rings. The van der Waals surface area contributed by atoms with Crippen LogP contribution in [-0.2, 0) is 10.0 Å². The number of aromatic nitrogens is 1. The van der Waals surface area contributed by atoms with E-state index < -0.39 is 15.4 Å². The maximum atomic E-state index is 11.7. The van der Waals surface area contributed by atoms with Crippen molar-refractivity contribution in [2.45, 2.75) is 12.3 Å². The number of fused-ring (bicyclic) bond motifs is 1. The van der Waals surface area contributed by atoms with Crippen LogP contribution < -0.4 is 9.29 Å². The van der Waals surface area contributed by atoms with E-state index in [0.29, 0.717) is 0 Å². The predicted molar refractivity (Wildman–Crippen MR) is 64.7 cm³/mol. The number of hydrogen-bond donors (Lipinski definition) is 1. The van der Waals surface area contributed by atoms with Gasteiger partial charge in [0.15, 0.2) is 0 Å². The average molecular weight is 257 g/mol. The summed E-state index contributed by atoms with van der Waals surface area (Å²) in [5.74, 6) is 0. The zero-order valence-electron chi connectivity index (χ0n) is 9.04. The van der Waals surface area contributed by atoms with Gasteiger partial charge in [-0.3, -0.25) is 0 Å². The molecule has 0 radical (unpaired) electrons. The number of nitrogens with zero attached hydrogens (tertiary/aromatic N) is 1. The summed E-state index contributed by atoms with van der Waals surface area (Å²) in [7, 11) is -1.86. The number of sulfonamides is 1. The number of nitrogens with one attached hydrogen (secondary N) is 1. The number of rotatable bonds is 3. The molecule has 0 aliphatic heterocycles. The molecule has 0 bridgehead atoms. The van der Waals surface area contributed by atoms with Gasteiger partial charge in [0.25, 0.3) is 15.4 Å². The second-order valence-electron chi connectivity index (χ2n) is 3.45. The maximum absolute atomic E-state index is 11.7. The van der Waals surface area contributed by atoms with Gasteiger partial charge in [0.05, 0.1) is 0 Å². The minimum absolute atomic E-state index is 0.603. The van der Waals surface area contributed by atoms with E-state index >= 15 is 0 Å². The fourth-order valence-electron chi connectivity index (χ4n) is 1.54. The van der Waals surface area contributed by atoms with Crippen molar-refractivity contribution in [3.05, 3.63) is 29.8 Å². The van der Waals surface area contributed by atoms with Crippen molar-refractivity contribution in [1.82, 2.24) is 4.72 Å². The largest absolute Gasteiger partial charge is 0.275 e. The second kappa shape index (κ2) is 4.12. The quantitative estimate of drug-likeness (QED) is 0.842. The third-order valence-corrected chi connectivity index (χ3v) is 5.19. The average Bonchev–Trinajstić information content (AvgIpc) is 2.71. The lowest BCUT2D eigenvalue weighted by Gasteiger charge is -2.05. The van der Waals surface area contributed by atoms with E-state index in [1.54, 1.807) is 11.5 Å². The topological polar surface area (TPSA) is 50.1 Å². The van der Waals surface area contributed by atoms with Crippen molar-refractivity contribution in [2.24, 2.45) is 0 Å². The normalized spacial score (nSPS) is 14.1. The van der Waals surface area contributed by atoms with Crippen molar-refractivity contribution < 1.29 is 13.0 Å². The van der Waals surface area contributed by atoms with E-state index in [2.05, 4.69) is 4.72 Å². The minimum atomic E-state index is -3.29. The third-order valence-electron chi connectivity index (χ3n) is 2.56. The fraction of sp³-hybridized carbons (Fsp3) is 0.300. The molecule has 0 amide bonds. The Morgan fingerprint density at radius 1 is 1.38 bits per heavy atom. The molecule has 1 aromatic heterocycles. The van der Waals surface area contributed by atoms with Gasteiger partial charge in [-0.05, 0) is 13.1 Å². The van der Waals surface area contributed by atoms with E-state index in [0.717, 1.165) is 10.2 Å². The Balaban J connectivity index is 2.57. The van der Waals surface area contributed by atoms with Gasteiger partial charge in [0.1, 0.15) is 4.70 Å². The van der Waals surface area contributed by atoms with Crippen LogP contribution in [-0.4, -0.2) is 15.5 Å². The summed E-state index contributed by atoms with van der Waals surface area (Å²) in [5, 5.41) is -0.603. The Morgan fingerprint density at radius 3 is 2.75 bits per heavy atom. The van der Waals surface area contributed by atoms with Gasteiger partial charge < -0.3 is 0 Å². The van der Waals surface area contributed by atoms with Crippen LogP contribution in [0.1, 0.15) is 12.3 Å². The van der Waals surface area contributed by atoms with Crippen LogP contribution in [0.3, 0.4) is 0 Å². The summed E-state index contributed by atoms with van der Waals surface area (Å²) in [4.78, 5) is 0. The maximum Gasteiger partial charge on any atom is 0.275 e. The molecule has 1 aromatic carbocycles. The van der Waals surface area contributed by atoms with E-state index in [1.165, 1.54) is 18.4 Å². The van der Waals surface area contributed by atoms with Gasteiger partial charge in [0.2, 0.25) is 11.0 Å². The summed E-state index contributed by atoms with van der Waals surface area (Å²) in [6.45, 7) is 1.67. The highest BCUT2D eigenvalue weighted by molar-refractivity contribution is 7.89. The molecule has 1 unspecified atom stereocenters. The van der Waals surface area contributed by atoms with Gasteiger partial charge >= 0.3 is 0 Å². The smallest absolute Gasteiger partial charge is 0.213 e. The predicted octanol–water partition coefficient (Wildman–Crippen LogP) is 1.26. The third kappa shape index (κ3) is 1.83. The van der Waals surface area contributed by atoms with Crippen molar-refractivity contribution in [3.8, 4) is 0 Å². The first-order chi connectivity index (χ1) is 7.56. The number of benzene rings is 1. The van der Waals surface area contributed by atoms with Crippen molar-refractivity contribution >= 4 is 31.6 Å². The van der Waals surface area contributed by atoms with Gasteiger partial charge in [0, 0.05) is 13.0 Å². The highest BCUT2D eigenvalue weighted by atomic mass is 32.2. The van der Waals surface area contributed by atoms with Crippen LogP contribution in [0.15, 0.2) is 29.8 Å². The summed E-state index contributed by atoms with van der Waals surface area (Å²) in [5.41, 5.74) is 2.78. The standard InChI is InChI=1S/C10H13N2O2S2/c1-8(16(13,14)11-2)12-7-15-10-6-4-3-5-9(10)12/h3-8,11H,1-2H3/q+1. The molecule has 1 N–H and O–H groups in total. The molecule has 1 heterocycles. The summed E-state index contributed by atoms with van der Waals surface area (Å²) in [6, 6.07) is 7.76.